The van der Waals surface area contributed by atoms with Crippen LogP contribution >= 0.6 is 0 Å². The average Bonchev–Trinajstić information content (AvgIpc) is 2.91. The van der Waals surface area contributed by atoms with Crippen LogP contribution in [-0.4, -0.2) is 38.7 Å². The van der Waals surface area contributed by atoms with Gasteiger partial charge in [-0.1, -0.05) is 12.2 Å². The lowest BCUT2D eigenvalue weighted by atomic mass is 10.0. The van der Waals surface area contributed by atoms with Crippen LogP contribution in [0.2, 0.25) is 0 Å². The topological polar surface area (TPSA) is 71.1 Å². The van der Waals surface area contributed by atoms with Gasteiger partial charge in [0, 0.05) is 11.8 Å². The van der Waals surface area contributed by atoms with Crippen molar-refractivity contribution in [3.8, 4) is 0 Å². The zero-order valence-corrected chi connectivity index (χ0v) is 9.62. The van der Waals surface area contributed by atoms with Gasteiger partial charge in [0.05, 0.1) is 14.2 Å². The standard InChI is InChI=1S/C11H14O6/c1-14-10(12)16-8-6-3-4-7(5-6)9(8)17-11(13)15-2/h3-4,6-9H,5H2,1-2H3. The van der Waals surface area contributed by atoms with E-state index >= 15 is 0 Å². The van der Waals surface area contributed by atoms with E-state index in [0.717, 1.165) is 6.42 Å². The maximum Gasteiger partial charge on any atom is 0.508 e. The molecule has 0 aliphatic heterocycles. The third-order valence-corrected chi connectivity index (χ3v) is 3.12. The highest BCUT2D eigenvalue weighted by molar-refractivity contribution is 5.61. The zero-order chi connectivity index (χ0) is 12.4. The molecular weight excluding hydrogens is 228 g/mol. The quantitative estimate of drug-likeness (QED) is 0.539. The van der Waals surface area contributed by atoms with Gasteiger partial charge in [-0.2, -0.15) is 0 Å². The van der Waals surface area contributed by atoms with Gasteiger partial charge in [0.25, 0.3) is 0 Å². The number of carbonyl (C=O) groups excluding carboxylic acids is 2. The Morgan fingerprint density at radius 3 is 1.71 bits per heavy atom. The first-order valence-electron chi connectivity index (χ1n) is 5.33. The molecule has 0 aromatic heterocycles. The maximum absolute atomic E-state index is 11.1. The minimum absolute atomic E-state index is 0.0776. The van der Waals surface area contributed by atoms with E-state index in [1.165, 1.54) is 14.2 Å². The molecule has 0 amide bonds. The van der Waals surface area contributed by atoms with Crippen LogP contribution in [0.25, 0.3) is 0 Å². The second-order valence-electron chi connectivity index (χ2n) is 4.02. The smallest absolute Gasteiger partial charge is 0.438 e. The van der Waals surface area contributed by atoms with E-state index in [1.54, 1.807) is 0 Å². The molecule has 0 N–H and O–H groups in total. The van der Waals surface area contributed by atoms with Gasteiger partial charge >= 0.3 is 12.3 Å². The number of methoxy groups -OCH3 is 2. The van der Waals surface area contributed by atoms with Crippen LogP contribution in [0.15, 0.2) is 12.2 Å². The van der Waals surface area contributed by atoms with Crippen molar-refractivity contribution in [3.05, 3.63) is 12.2 Å². The van der Waals surface area contributed by atoms with Crippen molar-refractivity contribution in [2.24, 2.45) is 11.8 Å². The van der Waals surface area contributed by atoms with Crippen LogP contribution in [0, 0.1) is 11.8 Å². The summed E-state index contributed by atoms with van der Waals surface area (Å²) in [7, 11) is 2.48. The Bertz CT molecular complexity index is 318. The molecular formula is C11H14O6. The Balaban J connectivity index is 2.04. The number of rotatable bonds is 2. The number of carbonyl (C=O) groups is 2. The fourth-order valence-electron chi connectivity index (χ4n) is 2.36. The van der Waals surface area contributed by atoms with Crippen LogP contribution in [0.4, 0.5) is 9.59 Å². The van der Waals surface area contributed by atoms with Crippen LogP contribution < -0.4 is 0 Å². The highest BCUT2D eigenvalue weighted by atomic mass is 16.8. The fourth-order valence-corrected chi connectivity index (χ4v) is 2.36. The summed E-state index contributed by atoms with van der Waals surface area (Å²) >= 11 is 0. The second-order valence-corrected chi connectivity index (χ2v) is 4.02. The highest BCUT2D eigenvalue weighted by Gasteiger charge is 2.49. The number of hydrogen-bond donors (Lipinski definition) is 0. The van der Waals surface area contributed by atoms with Crippen molar-refractivity contribution in [1.29, 1.82) is 0 Å². The average molecular weight is 242 g/mol. The molecule has 2 rings (SSSR count). The Morgan fingerprint density at radius 1 is 0.941 bits per heavy atom. The summed E-state index contributed by atoms with van der Waals surface area (Å²) in [6, 6.07) is 0. The van der Waals surface area contributed by atoms with E-state index in [2.05, 4.69) is 9.47 Å². The Morgan fingerprint density at radius 2 is 1.35 bits per heavy atom. The van der Waals surface area contributed by atoms with Gasteiger partial charge in [-0.25, -0.2) is 9.59 Å². The van der Waals surface area contributed by atoms with Crippen molar-refractivity contribution in [2.75, 3.05) is 14.2 Å². The molecule has 4 unspecified atom stereocenters. The normalized spacial score (nSPS) is 33.3. The summed E-state index contributed by atoms with van der Waals surface area (Å²) in [6.07, 6.45) is 2.23. The Labute approximate surface area is 98.5 Å². The van der Waals surface area contributed by atoms with Gasteiger partial charge in [-0.15, -0.1) is 0 Å². The van der Waals surface area contributed by atoms with E-state index in [1.807, 2.05) is 12.2 Å². The van der Waals surface area contributed by atoms with E-state index in [4.69, 9.17) is 9.47 Å². The first-order chi connectivity index (χ1) is 8.15. The molecule has 6 heteroatoms. The predicted octanol–water partition coefficient (Wildman–Crippen LogP) is 1.50. The molecule has 4 atom stereocenters. The monoisotopic (exact) mass is 242 g/mol. The van der Waals surface area contributed by atoms with E-state index in [-0.39, 0.29) is 11.8 Å². The van der Waals surface area contributed by atoms with Gasteiger partial charge in [0.1, 0.15) is 12.2 Å². The molecule has 2 bridgehead atoms. The molecule has 2 aliphatic rings. The van der Waals surface area contributed by atoms with Crippen LogP contribution in [0.1, 0.15) is 6.42 Å². The lowest BCUT2D eigenvalue weighted by Gasteiger charge is -2.26. The second kappa shape index (κ2) is 4.65. The summed E-state index contributed by atoms with van der Waals surface area (Å²) in [5.74, 6) is 0.155. The molecule has 0 heterocycles. The predicted molar refractivity (Wildman–Crippen MR) is 55.3 cm³/mol. The minimum atomic E-state index is -0.769. The summed E-state index contributed by atoms with van der Waals surface area (Å²) in [5.41, 5.74) is 0. The first kappa shape index (κ1) is 11.8. The summed E-state index contributed by atoms with van der Waals surface area (Å²) in [5, 5.41) is 0. The van der Waals surface area contributed by atoms with Gasteiger partial charge in [0.15, 0.2) is 0 Å². The summed E-state index contributed by atoms with van der Waals surface area (Å²) in [6.45, 7) is 0. The third kappa shape index (κ3) is 2.20. The van der Waals surface area contributed by atoms with E-state index < -0.39 is 24.5 Å². The van der Waals surface area contributed by atoms with Crippen molar-refractivity contribution < 1.29 is 28.5 Å². The van der Waals surface area contributed by atoms with Gasteiger partial charge in [0.2, 0.25) is 0 Å². The van der Waals surface area contributed by atoms with Crippen molar-refractivity contribution in [2.45, 2.75) is 18.6 Å². The molecule has 94 valence electrons. The molecule has 6 nitrogen and oxygen atoms in total. The van der Waals surface area contributed by atoms with Gasteiger partial charge in [-0.05, 0) is 6.42 Å². The summed E-state index contributed by atoms with van der Waals surface area (Å²) < 4.78 is 19.1. The molecule has 1 fully saturated rings. The molecule has 0 aromatic rings. The third-order valence-electron chi connectivity index (χ3n) is 3.12. The van der Waals surface area contributed by atoms with E-state index in [0.29, 0.717) is 0 Å². The molecule has 2 aliphatic carbocycles. The fraction of sp³-hybridized carbons (Fsp3) is 0.636. The van der Waals surface area contributed by atoms with Crippen molar-refractivity contribution in [3.63, 3.8) is 0 Å². The van der Waals surface area contributed by atoms with Crippen molar-refractivity contribution in [1.82, 2.24) is 0 Å². The largest absolute Gasteiger partial charge is 0.508 e. The Kier molecular flexibility index (Phi) is 3.21. The molecule has 0 saturated heterocycles. The number of ether oxygens (including phenoxy) is 4. The number of fused-ring (bicyclic) bond motifs is 2. The Hall–Kier alpha value is -1.72. The molecule has 1 saturated carbocycles. The minimum Gasteiger partial charge on any atom is -0.438 e. The molecule has 0 radical (unpaired) electrons. The van der Waals surface area contributed by atoms with E-state index in [9.17, 15) is 9.59 Å². The molecule has 17 heavy (non-hydrogen) atoms. The lowest BCUT2D eigenvalue weighted by Crippen LogP contribution is -2.38. The number of hydrogen-bond acceptors (Lipinski definition) is 6. The van der Waals surface area contributed by atoms with Crippen LogP contribution in [-0.2, 0) is 18.9 Å². The zero-order valence-electron chi connectivity index (χ0n) is 9.62. The first-order valence-corrected chi connectivity index (χ1v) is 5.33. The van der Waals surface area contributed by atoms with Gasteiger partial charge in [-0.3, -0.25) is 0 Å². The maximum atomic E-state index is 11.1. The van der Waals surface area contributed by atoms with Crippen LogP contribution in [0.5, 0.6) is 0 Å². The highest BCUT2D eigenvalue weighted by Crippen LogP contribution is 2.42. The lowest BCUT2D eigenvalue weighted by molar-refractivity contribution is -0.0520. The van der Waals surface area contributed by atoms with Crippen molar-refractivity contribution >= 4 is 12.3 Å². The molecule has 0 aromatic carbocycles. The SMILES string of the molecule is COC(=O)OC1C2C=CC(C2)C1OC(=O)OC. The summed E-state index contributed by atoms with van der Waals surface area (Å²) in [4.78, 5) is 22.2. The van der Waals surface area contributed by atoms with Crippen LogP contribution in [0.3, 0.4) is 0 Å². The van der Waals surface area contributed by atoms with Gasteiger partial charge < -0.3 is 18.9 Å². The molecule has 0 spiro atoms.